The van der Waals surface area contributed by atoms with Gasteiger partial charge in [0.2, 0.25) is 0 Å². The summed E-state index contributed by atoms with van der Waals surface area (Å²) < 4.78 is 18.0. The molecule has 0 saturated carbocycles. The molecule has 0 aliphatic heterocycles. The number of nitrogens with two attached hydrogens (primary N) is 1. The lowest BCUT2D eigenvalue weighted by atomic mass is 10.2. The van der Waals surface area contributed by atoms with Gasteiger partial charge >= 0.3 is 5.97 Å². The van der Waals surface area contributed by atoms with Gasteiger partial charge in [-0.05, 0) is 32.0 Å². The molecule has 0 bridgehead atoms. The summed E-state index contributed by atoms with van der Waals surface area (Å²) in [4.78, 5) is 11.3. The van der Waals surface area contributed by atoms with Gasteiger partial charge in [0.1, 0.15) is 5.82 Å². The van der Waals surface area contributed by atoms with E-state index < -0.39 is 11.8 Å². The number of carbonyl (C=O) groups is 1. The van der Waals surface area contributed by atoms with Crippen LogP contribution in [0.25, 0.3) is 0 Å². The molecule has 0 radical (unpaired) electrons. The molecule has 3 nitrogen and oxygen atoms in total. The number of anilines is 1. The maximum Gasteiger partial charge on any atom is 0.341 e. The quantitative estimate of drug-likeness (QED) is 0.582. The molecule has 14 heavy (non-hydrogen) atoms. The molecule has 76 valence electrons. The molecule has 0 aliphatic rings. The van der Waals surface area contributed by atoms with Crippen LogP contribution in [0.5, 0.6) is 0 Å². The summed E-state index contributed by atoms with van der Waals surface area (Å²) in [5.74, 6) is -1.31. The minimum Gasteiger partial charge on any atom is -0.459 e. The van der Waals surface area contributed by atoms with Gasteiger partial charge in [-0.3, -0.25) is 0 Å². The Morgan fingerprint density at radius 2 is 2.14 bits per heavy atom. The van der Waals surface area contributed by atoms with Crippen molar-refractivity contribution in [3.8, 4) is 0 Å². The van der Waals surface area contributed by atoms with Crippen molar-refractivity contribution in [2.75, 3.05) is 5.73 Å². The highest BCUT2D eigenvalue weighted by atomic mass is 19.1. The average Bonchev–Trinajstić information content (AvgIpc) is 2.08. The van der Waals surface area contributed by atoms with E-state index in [4.69, 9.17) is 10.5 Å². The first-order valence-electron chi connectivity index (χ1n) is 4.26. The van der Waals surface area contributed by atoms with E-state index in [9.17, 15) is 9.18 Å². The van der Waals surface area contributed by atoms with Crippen LogP contribution in [0.15, 0.2) is 18.2 Å². The molecule has 0 aliphatic carbocycles. The van der Waals surface area contributed by atoms with Gasteiger partial charge in [-0.1, -0.05) is 0 Å². The van der Waals surface area contributed by atoms with Crippen LogP contribution in [0.1, 0.15) is 24.2 Å². The fraction of sp³-hybridized carbons (Fsp3) is 0.300. The van der Waals surface area contributed by atoms with Crippen LogP contribution < -0.4 is 5.73 Å². The third-order valence-electron chi connectivity index (χ3n) is 1.55. The van der Waals surface area contributed by atoms with Crippen LogP contribution in [0, 0.1) is 5.82 Å². The molecule has 1 aromatic rings. The molecule has 0 unspecified atom stereocenters. The maximum absolute atomic E-state index is 13.1. The second-order valence-corrected chi connectivity index (χ2v) is 3.19. The number of hydrogen-bond acceptors (Lipinski definition) is 3. The van der Waals surface area contributed by atoms with Crippen LogP contribution in [0.2, 0.25) is 0 Å². The molecule has 4 heteroatoms. The normalized spacial score (nSPS) is 10.3. The second-order valence-electron chi connectivity index (χ2n) is 3.19. The van der Waals surface area contributed by atoms with E-state index in [2.05, 4.69) is 0 Å². The number of ether oxygens (including phenoxy) is 1. The van der Waals surface area contributed by atoms with Gasteiger partial charge in [0.05, 0.1) is 11.7 Å². The summed E-state index contributed by atoms with van der Waals surface area (Å²) in [6.07, 6.45) is -0.275. The highest BCUT2D eigenvalue weighted by Crippen LogP contribution is 2.13. The van der Waals surface area contributed by atoms with Crippen molar-refractivity contribution >= 4 is 11.7 Å². The van der Waals surface area contributed by atoms with Crippen LogP contribution in [-0.4, -0.2) is 12.1 Å². The summed E-state index contributed by atoms with van der Waals surface area (Å²) in [5.41, 5.74) is 5.63. The SMILES string of the molecule is CC(C)OC(=O)c1cc(N)ccc1F. The lowest BCUT2D eigenvalue weighted by Gasteiger charge is -2.08. The number of halogens is 1. The zero-order valence-corrected chi connectivity index (χ0v) is 8.08. The first kappa shape index (κ1) is 10.5. The Kier molecular flexibility index (Phi) is 3.06. The Balaban J connectivity index is 2.94. The first-order valence-corrected chi connectivity index (χ1v) is 4.26. The Labute approximate surface area is 81.7 Å². The molecule has 2 N–H and O–H groups in total. The maximum atomic E-state index is 13.1. The standard InChI is InChI=1S/C10H12FNO2/c1-6(2)14-10(13)8-5-7(12)3-4-9(8)11/h3-6H,12H2,1-2H3. The van der Waals surface area contributed by atoms with Gasteiger partial charge < -0.3 is 10.5 Å². The molecule has 0 heterocycles. The fourth-order valence-electron chi connectivity index (χ4n) is 0.977. The highest BCUT2D eigenvalue weighted by Gasteiger charge is 2.14. The van der Waals surface area contributed by atoms with Crippen molar-refractivity contribution < 1.29 is 13.9 Å². The summed E-state index contributed by atoms with van der Waals surface area (Å²) >= 11 is 0. The van der Waals surface area contributed by atoms with Crippen molar-refractivity contribution in [2.24, 2.45) is 0 Å². The van der Waals surface area contributed by atoms with E-state index in [0.717, 1.165) is 6.07 Å². The van der Waals surface area contributed by atoms with E-state index in [1.165, 1.54) is 12.1 Å². The van der Waals surface area contributed by atoms with Crippen LogP contribution in [-0.2, 0) is 4.74 Å². The van der Waals surface area contributed by atoms with Crippen molar-refractivity contribution in [3.05, 3.63) is 29.6 Å². The van der Waals surface area contributed by atoms with E-state index in [0.29, 0.717) is 5.69 Å². The number of nitrogen functional groups attached to an aromatic ring is 1. The molecule has 0 amide bonds. The van der Waals surface area contributed by atoms with Gasteiger partial charge in [0, 0.05) is 5.69 Å². The third kappa shape index (κ3) is 2.45. The monoisotopic (exact) mass is 197 g/mol. The summed E-state index contributed by atoms with van der Waals surface area (Å²) in [6, 6.07) is 3.80. The molecular weight excluding hydrogens is 185 g/mol. The van der Waals surface area contributed by atoms with Crippen molar-refractivity contribution in [2.45, 2.75) is 20.0 Å². The smallest absolute Gasteiger partial charge is 0.341 e. The zero-order chi connectivity index (χ0) is 10.7. The minimum atomic E-state index is -0.690. The predicted molar refractivity (Wildman–Crippen MR) is 51.4 cm³/mol. The highest BCUT2D eigenvalue weighted by molar-refractivity contribution is 5.90. The van der Waals surface area contributed by atoms with Crippen molar-refractivity contribution in [1.29, 1.82) is 0 Å². The molecule has 1 rings (SSSR count). The van der Waals surface area contributed by atoms with E-state index in [1.807, 2.05) is 0 Å². The number of rotatable bonds is 2. The van der Waals surface area contributed by atoms with Crippen molar-refractivity contribution in [1.82, 2.24) is 0 Å². The van der Waals surface area contributed by atoms with E-state index >= 15 is 0 Å². The number of carbonyl (C=O) groups excluding carboxylic acids is 1. The van der Waals surface area contributed by atoms with Crippen LogP contribution in [0.4, 0.5) is 10.1 Å². The Hall–Kier alpha value is -1.58. The summed E-state index contributed by atoms with van der Waals surface area (Å²) in [7, 11) is 0. The van der Waals surface area contributed by atoms with E-state index in [1.54, 1.807) is 13.8 Å². The zero-order valence-electron chi connectivity index (χ0n) is 8.08. The molecule has 0 aromatic heterocycles. The summed E-state index contributed by atoms with van der Waals surface area (Å²) in [6.45, 7) is 3.39. The van der Waals surface area contributed by atoms with Gasteiger partial charge in [0.25, 0.3) is 0 Å². The average molecular weight is 197 g/mol. The minimum absolute atomic E-state index is 0.126. The van der Waals surface area contributed by atoms with Crippen LogP contribution >= 0.6 is 0 Å². The van der Waals surface area contributed by atoms with Gasteiger partial charge in [0.15, 0.2) is 0 Å². The fourth-order valence-corrected chi connectivity index (χ4v) is 0.977. The Morgan fingerprint density at radius 3 is 2.71 bits per heavy atom. The van der Waals surface area contributed by atoms with Gasteiger partial charge in [-0.2, -0.15) is 0 Å². The number of hydrogen-bond donors (Lipinski definition) is 1. The first-order chi connectivity index (χ1) is 6.50. The molecule has 0 saturated heterocycles. The third-order valence-corrected chi connectivity index (χ3v) is 1.55. The largest absolute Gasteiger partial charge is 0.459 e. The Morgan fingerprint density at radius 1 is 1.50 bits per heavy atom. The Bertz CT molecular complexity index is 350. The second kappa shape index (κ2) is 4.09. The molecule has 1 aromatic carbocycles. The lowest BCUT2D eigenvalue weighted by Crippen LogP contribution is -2.13. The molecule has 0 fully saturated rings. The van der Waals surface area contributed by atoms with Gasteiger partial charge in [-0.15, -0.1) is 0 Å². The lowest BCUT2D eigenvalue weighted by molar-refractivity contribution is 0.0372. The predicted octanol–water partition coefficient (Wildman–Crippen LogP) is 1.97. The molecular formula is C10H12FNO2. The molecule has 0 atom stereocenters. The van der Waals surface area contributed by atoms with E-state index in [-0.39, 0.29) is 11.7 Å². The summed E-state index contributed by atoms with van der Waals surface area (Å²) in [5, 5.41) is 0. The number of esters is 1. The van der Waals surface area contributed by atoms with Crippen molar-refractivity contribution in [3.63, 3.8) is 0 Å². The number of benzene rings is 1. The van der Waals surface area contributed by atoms with Crippen LogP contribution in [0.3, 0.4) is 0 Å². The van der Waals surface area contributed by atoms with Gasteiger partial charge in [-0.25, -0.2) is 9.18 Å². The molecule has 0 spiro atoms. The topological polar surface area (TPSA) is 52.3 Å².